The number of nitrogens with zero attached hydrogens (tertiary/aromatic N) is 4. The zero-order valence-corrected chi connectivity index (χ0v) is 10.9. The molecule has 0 aliphatic rings. The zero-order chi connectivity index (χ0) is 13.0. The van der Waals surface area contributed by atoms with Crippen molar-refractivity contribution in [3.63, 3.8) is 0 Å². The topological polar surface area (TPSA) is 72.7 Å². The first-order chi connectivity index (χ1) is 8.72. The molecule has 0 bridgehead atoms. The van der Waals surface area contributed by atoms with Gasteiger partial charge in [0.05, 0.1) is 11.3 Å². The summed E-state index contributed by atoms with van der Waals surface area (Å²) in [7, 11) is 3.41. The Bertz CT molecular complexity index is 554. The molecule has 7 heteroatoms. The lowest BCUT2D eigenvalue weighted by atomic mass is 10.2. The highest BCUT2D eigenvalue weighted by Gasteiger charge is 2.11. The van der Waals surface area contributed by atoms with Crippen molar-refractivity contribution in [3.8, 4) is 0 Å². The first-order valence-electron chi connectivity index (χ1n) is 5.37. The van der Waals surface area contributed by atoms with Gasteiger partial charge in [0.25, 0.3) is 5.91 Å². The van der Waals surface area contributed by atoms with Crippen molar-refractivity contribution in [2.75, 3.05) is 7.05 Å². The molecule has 1 N–H and O–H groups in total. The van der Waals surface area contributed by atoms with Gasteiger partial charge in [0.1, 0.15) is 0 Å². The molecule has 94 valence electrons. The monoisotopic (exact) mass is 263 g/mol. The van der Waals surface area contributed by atoms with Crippen molar-refractivity contribution >= 4 is 17.7 Å². The third kappa shape index (κ3) is 2.67. The Labute approximate surface area is 109 Å². The lowest BCUT2D eigenvalue weighted by Gasteiger charge is -2.07. The van der Waals surface area contributed by atoms with E-state index in [1.165, 1.54) is 11.8 Å². The number of carbonyl (C=O) groups is 1. The zero-order valence-electron chi connectivity index (χ0n) is 10.1. The summed E-state index contributed by atoms with van der Waals surface area (Å²) in [6.07, 6.45) is 0. The summed E-state index contributed by atoms with van der Waals surface area (Å²) in [6, 6.07) is 7.47. The highest BCUT2D eigenvalue weighted by atomic mass is 32.2. The fourth-order valence-corrected chi connectivity index (χ4v) is 2.45. The quantitative estimate of drug-likeness (QED) is 0.828. The van der Waals surface area contributed by atoms with Crippen molar-refractivity contribution < 1.29 is 4.79 Å². The number of hydrogen-bond acceptors (Lipinski definition) is 5. The lowest BCUT2D eigenvalue weighted by molar-refractivity contribution is 0.0960. The number of carbonyl (C=O) groups excluding carboxylic acids is 1. The minimum atomic E-state index is -0.0887. The second-order valence-electron chi connectivity index (χ2n) is 3.58. The van der Waals surface area contributed by atoms with Crippen LogP contribution >= 0.6 is 11.8 Å². The normalized spacial score (nSPS) is 10.3. The van der Waals surface area contributed by atoms with Crippen LogP contribution in [0.4, 0.5) is 0 Å². The molecule has 0 aliphatic heterocycles. The van der Waals surface area contributed by atoms with Gasteiger partial charge in [-0.3, -0.25) is 4.79 Å². The third-order valence-corrected chi connectivity index (χ3v) is 3.49. The lowest BCUT2D eigenvalue weighted by Crippen LogP contribution is -2.18. The number of aryl methyl sites for hydroxylation is 1. The van der Waals surface area contributed by atoms with Crippen LogP contribution in [0.2, 0.25) is 0 Å². The van der Waals surface area contributed by atoms with E-state index in [9.17, 15) is 4.79 Å². The summed E-state index contributed by atoms with van der Waals surface area (Å²) in [5, 5.41) is 13.9. The predicted molar refractivity (Wildman–Crippen MR) is 68.2 cm³/mol. The van der Waals surface area contributed by atoms with Crippen LogP contribution < -0.4 is 5.32 Å². The minimum Gasteiger partial charge on any atom is -0.355 e. The van der Waals surface area contributed by atoms with E-state index in [1.54, 1.807) is 24.8 Å². The Balaban J connectivity index is 2.14. The molecule has 2 rings (SSSR count). The number of benzene rings is 1. The highest BCUT2D eigenvalue weighted by Crippen LogP contribution is 2.25. The van der Waals surface area contributed by atoms with Crippen molar-refractivity contribution in [1.82, 2.24) is 25.5 Å². The van der Waals surface area contributed by atoms with Crippen molar-refractivity contribution in [2.45, 2.75) is 10.6 Å². The van der Waals surface area contributed by atoms with E-state index in [0.29, 0.717) is 11.3 Å². The first kappa shape index (κ1) is 12.6. The van der Waals surface area contributed by atoms with Gasteiger partial charge < -0.3 is 5.32 Å². The summed E-state index contributed by atoms with van der Waals surface area (Å²) < 4.78 is 1.62. The molecule has 0 radical (unpaired) electrons. The van der Waals surface area contributed by atoms with Gasteiger partial charge in [0.15, 0.2) is 5.82 Å². The molecular formula is C11H13N5OS. The summed E-state index contributed by atoms with van der Waals surface area (Å²) in [5.41, 5.74) is 0.667. The Hall–Kier alpha value is -1.89. The van der Waals surface area contributed by atoms with Gasteiger partial charge in [-0.15, -0.1) is 16.9 Å². The average molecular weight is 263 g/mol. The van der Waals surface area contributed by atoms with Crippen LogP contribution in [0.15, 0.2) is 29.2 Å². The van der Waals surface area contributed by atoms with E-state index < -0.39 is 0 Å². The average Bonchev–Trinajstić information content (AvgIpc) is 2.81. The van der Waals surface area contributed by atoms with Crippen LogP contribution in [0.5, 0.6) is 0 Å². The molecule has 2 aromatic rings. The van der Waals surface area contributed by atoms with E-state index in [0.717, 1.165) is 10.7 Å². The number of amides is 1. The van der Waals surface area contributed by atoms with Crippen LogP contribution in [0.25, 0.3) is 0 Å². The highest BCUT2D eigenvalue weighted by molar-refractivity contribution is 7.98. The number of rotatable bonds is 4. The Morgan fingerprint density at radius 2 is 2.22 bits per heavy atom. The number of thioether (sulfide) groups is 1. The summed E-state index contributed by atoms with van der Waals surface area (Å²) >= 11 is 1.54. The van der Waals surface area contributed by atoms with E-state index in [-0.39, 0.29) is 5.91 Å². The minimum absolute atomic E-state index is 0.0887. The fraction of sp³-hybridized carbons (Fsp3) is 0.273. The molecule has 0 aliphatic carbocycles. The predicted octanol–water partition coefficient (Wildman–Crippen LogP) is 0.862. The summed E-state index contributed by atoms with van der Waals surface area (Å²) in [6.45, 7) is 0. The van der Waals surface area contributed by atoms with E-state index in [1.807, 2.05) is 18.2 Å². The van der Waals surface area contributed by atoms with Crippen LogP contribution in [-0.4, -0.2) is 33.2 Å². The van der Waals surface area contributed by atoms with Gasteiger partial charge in [-0.05, 0) is 22.6 Å². The smallest absolute Gasteiger partial charge is 0.252 e. The second-order valence-corrected chi connectivity index (χ2v) is 4.60. The molecule has 1 aromatic heterocycles. The number of aromatic nitrogens is 4. The third-order valence-electron chi connectivity index (χ3n) is 2.42. The molecule has 0 fully saturated rings. The first-order valence-corrected chi connectivity index (χ1v) is 6.36. The van der Waals surface area contributed by atoms with Gasteiger partial charge in [0, 0.05) is 19.0 Å². The fourth-order valence-electron chi connectivity index (χ4n) is 1.43. The Kier molecular flexibility index (Phi) is 3.93. The maximum atomic E-state index is 11.7. The van der Waals surface area contributed by atoms with Crippen LogP contribution in [-0.2, 0) is 12.8 Å². The molecule has 1 amide bonds. The van der Waals surface area contributed by atoms with E-state index in [2.05, 4.69) is 20.8 Å². The molecule has 6 nitrogen and oxygen atoms in total. The van der Waals surface area contributed by atoms with Gasteiger partial charge in [-0.1, -0.05) is 12.1 Å². The van der Waals surface area contributed by atoms with Gasteiger partial charge >= 0.3 is 0 Å². The SMILES string of the molecule is CNC(=O)c1ccccc1SCc1nnnn1C. The molecule has 1 heterocycles. The number of nitrogens with one attached hydrogen (secondary N) is 1. The molecule has 0 saturated heterocycles. The number of tetrazole rings is 1. The summed E-state index contributed by atoms with van der Waals surface area (Å²) in [5.74, 6) is 1.30. The summed E-state index contributed by atoms with van der Waals surface area (Å²) in [4.78, 5) is 12.6. The molecular weight excluding hydrogens is 250 g/mol. The molecule has 1 aromatic carbocycles. The molecule has 0 saturated carbocycles. The van der Waals surface area contributed by atoms with Gasteiger partial charge in [-0.2, -0.15) is 0 Å². The molecule has 0 unspecified atom stereocenters. The van der Waals surface area contributed by atoms with Crippen LogP contribution in [0, 0.1) is 0 Å². The Morgan fingerprint density at radius 3 is 2.89 bits per heavy atom. The Morgan fingerprint density at radius 1 is 1.44 bits per heavy atom. The van der Waals surface area contributed by atoms with Crippen molar-refractivity contribution in [1.29, 1.82) is 0 Å². The van der Waals surface area contributed by atoms with Crippen LogP contribution in [0.1, 0.15) is 16.2 Å². The van der Waals surface area contributed by atoms with Crippen molar-refractivity contribution in [2.24, 2.45) is 7.05 Å². The second kappa shape index (κ2) is 5.63. The van der Waals surface area contributed by atoms with Gasteiger partial charge in [-0.25, -0.2) is 4.68 Å². The van der Waals surface area contributed by atoms with Gasteiger partial charge in [0.2, 0.25) is 0 Å². The number of hydrogen-bond donors (Lipinski definition) is 1. The largest absolute Gasteiger partial charge is 0.355 e. The van der Waals surface area contributed by atoms with E-state index in [4.69, 9.17) is 0 Å². The maximum Gasteiger partial charge on any atom is 0.252 e. The molecule has 0 spiro atoms. The molecule has 18 heavy (non-hydrogen) atoms. The van der Waals surface area contributed by atoms with E-state index >= 15 is 0 Å². The van der Waals surface area contributed by atoms with Crippen molar-refractivity contribution in [3.05, 3.63) is 35.7 Å². The van der Waals surface area contributed by atoms with Crippen LogP contribution in [0.3, 0.4) is 0 Å². The standard InChI is InChI=1S/C11H13N5OS/c1-12-11(17)8-5-3-4-6-9(8)18-7-10-13-14-15-16(10)2/h3-6H,7H2,1-2H3,(H,12,17). The molecule has 0 atom stereocenters. The maximum absolute atomic E-state index is 11.7.